The molecule has 0 amide bonds. The Morgan fingerprint density at radius 2 is 0.485 bits per heavy atom. The lowest BCUT2D eigenvalue weighted by Crippen LogP contribution is -2.18. The largest absolute Gasteiger partial charge is 0.785 e. The Hall–Kier alpha value is -0.0800. The highest BCUT2D eigenvalue weighted by molar-refractivity contribution is 4.59. The first kappa shape index (κ1) is 32.9. The van der Waals surface area contributed by atoms with Gasteiger partial charge in [-0.1, -0.05) is 174 Å². The van der Waals surface area contributed by atoms with Crippen LogP contribution < -0.4 is 0 Å². The Kier molecular flexibility index (Phi) is 29.9. The second kappa shape index (κ2) is 30.0. The van der Waals surface area contributed by atoms with Crippen LogP contribution in [0.5, 0.6) is 0 Å². The molecule has 2 nitrogen and oxygen atoms in total. The van der Waals surface area contributed by atoms with Crippen LogP contribution in [-0.2, 0) is 0 Å². The molecule has 0 aliphatic carbocycles. The van der Waals surface area contributed by atoms with Crippen molar-refractivity contribution < 1.29 is 0 Å². The van der Waals surface area contributed by atoms with E-state index in [1.165, 1.54) is 166 Å². The zero-order valence-electron chi connectivity index (χ0n) is 23.4. The Morgan fingerprint density at radius 1 is 0.303 bits per heavy atom. The van der Waals surface area contributed by atoms with Crippen molar-refractivity contribution in [1.82, 2.24) is 5.06 Å². The van der Waals surface area contributed by atoms with Crippen molar-refractivity contribution in [2.45, 2.75) is 187 Å². The van der Waals surface area contributed by atoms with Gasteiger partial charge < -0.3 is 10.3 Å². The van der Waals surface area contributed by atoms with Gasteiger partial charge in [0.1, 0.15) is 0 Å². The van der Waals surface area contributed by atoms with Crippen LogP contribution in [-0.4, -0.2) is 18.2 Å². The average molecular weight is 467 g/mol. The molecule has 0 rings (SSSR count). The molecule has 0 aromatic heterocycles. The van der Waals surface area contributed by atoms with Crippen LogP contribution in [0.1, 0.15) is 187 Å². The summed E-state index contributed by atoms with van der Waals surface area (Å²) in [5, 5.41) is 13.3. The smallest absolute Gasteiger partial charge is 0.0145 e. The van der Waals surface area contributed by atoms with Gasteiger partial charge in [-0.3, -0.25) is 0 Å². The quantitative estimate of drug-likeness (QED) is 0.0809. The molecule has 0 atom stereocenters. The first-order chi connectivity index (χ1) is 16.3. The van der Waals surface area contributed by atoms with Gasteiger partial charge in [0.05, 0.1) is 0 Å². The van der Waals surface area contributed by atoms with E-state index >= 15 is 0 Å². The highest BCUT2D eigenvalue weighted by atomic mass is 16.5. The Labute approximate surface area is 210 Å². The van der Waals surface area contributed by atoms with E-state index in [1.54, 1.807) is 0 Å². The maximum atomic E-state index is 12.0. The van der Waals surface area contributed by atoms with Crippen LogP contribution in [0.2, 0.25) is 0 Å². The van der Waals surface area contributed by atoms with Crippen molar-refractivity contribution in [3.63, 3.8) is 0 Å². The average Bonchev–Trinajstić information content (AvgIpc) is 2.82. The molecule has 0 N–H and O–H groups in total. The van der Waals surface area contributed by atoms with E-state index in [2.05, 4.69) is 13.8 Å². The molecule has 0 saturated heterocycles. The molecule has 0 spiro atoms. The Balaban J connectivity index is 3.13. The molecule has 0 aliphatic rings. The van der Waals surface area contributed by atoms with Crippen molar-refractivity contribution in [2.24, 2.45) is 0 Å². The third-order valence-electron chi connectivity index (χ3n) is 7.27. The summed E-state index contributed by atoms with van der Waals surface area (Å²) < 4.78 is 0. The predicted octanol–water partition coefficient (Wildman–Crippen LogP) is 11.4. The molecule has 0 saturated carbocycles. The summed E-state index contributed by atoms with van der Waals surface area (Å²) in [4.78, 5) is 0. The van der Waals surface area contributed by atoms with E-state index in [0.29, 0.717) is 0 Å². The van der Waals surface area contributed by atoms with E-state index in [9.17, 15) is 5.21 Å². The lowest BCUT2D eigenvalue weighted by molar-refractivity contribution is 0.350. The van der Waals surface area contributed by atoms with Crippen LogP contribution in [0.3, 0.4) is 0 Å². The lowest BCUT2D eigenvalue weighted by atomic mass is 10.0. The Bertz CT molecular complexity index is 333. The minimum Gasteiger partial charge on any atom is -0.785 e. The fourth-order valence-corrected chi connectivity index (χ4v) is 4.90. The maximum absolute atomic E-state index is 12.0. The molecule has 0 aromatic rings. The normalized spacial score (nSPS) is 11.6. The van der Waals surface area contributed by atoms with Gasteiger partial charge in [0.25, 0.3) is 0 Å². The van der Waals surface area contributed by atoms with Crippen molar-refractivity contribution in [3.8, 4) is 0 Å². The third kappa shape index (κ3) is 29.9. The van der Waals surface area contributed by atoms with E-state index in [4.69, 9.17) is 0 Å². The number of hydrogen-bond donors (Lipinski definition) is 0. The van der Waals surface area contributed by atoms with Crippen molar-refractivity contribution >= 4 is 0 Å². The highest BCUT2D eigenvalue weighted by Gasteiger charge is 1.97. The number of hydroxylamine groups is 2. The molecule has 33 heavy (non-hydrogen) atoms. The molecule has 0 radical (unpaired) electrons. The van der Waals surface area contributed by atoms with E-state index in [0.717, 1.165) is 25.9 Å². The summed E-state index contributed by atoms with van der Waals surface area (Å²) >= 11 is 0. The molecule has 200 valence electrons. The highest BCUT2D eigenvalue weighted by Crippen LogP contribution is 2.14. The fraction of sp³-hybridized carbons (Fsp3) is 1.00. The summed E-state index contributed by atoms with van der Waals surface area (Å²) in [5.41, 5.74) is 0. The molecule has 0 aliphatic heterocycles. The van der Waals surface area contributed by atoms with Gasteiger partial charge in [-0.05, 0) is 25.9 Å². The van der Waals surface area contributed by atoms with Crippen LogP contribution in [0.25, 0.3) is 0 Å². The number of unbranched alkanes of at least 4 members (excludes halogenated alkanes) is 25. The van der Waals surface area contributed by atoms with Crippen LogP contribution in [0.15, 0.2) is 0 Å². The first-order valence-electron chi connectivity index (χ1n) is 15.7. The summed E-state index contributed by atoms with van der Waals surface area (Å²) in [6.07, 6.45) is 37.1. The lowest BCUT2D eigenvalue weighted by Gasteiger charge is -2.28. The molecule has 0 fully saturated rings. The van der Waals surface area contributed by atoms with E-state index in [-0.39, 0.29) is 0 Å². The molecule has 0 unspecified atom stereocenters. The van der Waals surface area contributed by atoms with Crippen LogP contribution >= 0.6 is 0 Å². The second-order valence-electron chi connectivity index (χ2n) is 10.8. The first-order valence-corrected chi connectivity index (χ1v) is 15.7. The SMILES string of the molecule is CCCCCCCCCCCCCCCCCN([O-])CCCCCCCCCCCCCC. The molecular formula is C31H64NO-. The summed E-state index contributed by atoms with van der Waals surface area (Å²) in [7, 11) is 0. The van der Waals surface area contributed by atoms with Crippen molar-refractivity contribution in [3.05, 3.63) is 5.21 Å². The Morgan fingerprint density at radius 3 is 0.697 bits per heavy atom. The zero-order valence-corrected chi connectivity index (χ0v) is 23.4. The van der Waals surface area contributed by atoms with Crippen LogP contribution in [0.4, 0.5) is 0 Å². The number of nitrogens with zero attached hydrogens (tertiary/aromatic N) is 1. The van der Waals surface area contributed by atoms with Gasteiger partial charge >= 0.3 is 0 Å². The van der Waals surface area contributed by atoms with Gasteiger partial charge in [0.15, 0.2) is 0 Å². The molecule has 2 heteroatoms. The fourth-order valence-electron chi connectivity index (χ4n) is 4.90. The minimum atomic E-state index is 0.760. The molecule has 0 bridgehead atoms. The van der Waals surface area contributed by atoms with Crippen LogP contribution in [0, 0.1) is 5.21 Å². The third-order valence-corrected chi connectivity index (χ3v) is 7.27. The van der Waals surface area contributed by atoms with Gasteiger partial charge in [-0.2, -0.15) is 0 Å². The standard InChI is InChI=1S/C31H64NO/c1-3-5-7-9-11-13-15-17-18-19-21-23-25-27-29-31-32(33)30-28-26-24-22-20-16-14-12-10-8-6-4-2/h3-31H2,1-2H3/q-1. The maximum Gasteiger partial charge on any atom is -0.0145 e. The molecule has 0 heterocycles. The van der Waals surface area contributed by atoms with Crippen molar-refractivity contribution in [2.75, 3.05) is 13.1 Å². The van der Waals surface area contributed by atoms with Crippen molar-refractivity contribution in [1.29, 1.82) is 0 Å². The summed E-state index contributed by atoms with van der Waals surface area (Å²) in [6.45, 7) is 6.10. The zero-order chi connectivity index (χ0) is 24.1. The molecule has 0 aromatic carbocycles. The topological polar surface area (TPSA) is 26.3 Å². The van der Waals surface area contributed by atoms with Gasteiger partial charge in [-0.15, -0.1) is 0 Å². The predicted molar refractivity (Wildman–Crippen MR) is 151 cm³/mol. The van der Waals surface area contributed by atoms with Gasteiger partial charge in [0, 0.05) is 0 Å². The van der Waals surface area contributed by atoms with Gasteiger partial charge in [-0.25, -0.2) is 0 Å². The monoisotopic (exact) mass is 466 g/mol. The minimum absolute atomic E-state index is 0.760. The summed E-state index contributed by atoms with van der Waals surface area (Å²) in [6, 6.07) is 0. The number of rotatable bonds is 29. The summed E-state index contributed by atoms with van der Waals surface area (Å²) in [5.74, 6) is 0. The van der Waals surface area contributed by atoms with E-state index in [1.807, 2.05) is 0 Å². The van der Waals surface area contributed by atoms with E-state index < -0.39 is 0 Å². The van der Waals surface area contributed by atoms with Gasteiger partial charge in [0.2, 0.25) is 0 Å². The molecular weight excluding hydrogens is 402 g/mol. The number of hydrogen-bond acceptors (Lipinski definition) is 2. The second-order valence-corrected chi connectivity index (χ2v) is 10.8.